The van der Waals surface area contributed by atoms with Gasteiger partial charge in [-0.2, -0.15) is 0 Å². The van der Waals surface area contributed by atoms with E-state index in [-0.39, 0.29) is 39.6 Å². The van der Waals surface area contributed by atoms with E-state index in [0.29, 0.717) is 24.3 Å². The summed E-state index contributed by atoms with van der Waals surface area (Å²) in [5.41, 5.74) is 1.52. The van der Waals surface area contributed by atoms with Crippen LogP contribution in [0.4, 0.5) is 5.69 Å². The molecule has 0 aliphatic heterocycles. The molecule has 0 fully saturated rings. The molecule has 0 saturated heterocycles. The highest BCUT2D eigenvalue weighted by Crippen LogP contribution is 2.35. The molecule has 0 aliphatic rings. The molecule has 1 N–H and O–H groups in total. The molecule has 41 heavy (non-hydrogen) atoms. The Morgan fingerprint density at radius 2 is 1.59 bits per heavy atom. The van der Waals surface area contributed by atoms with Gasteiger partial charge < -0.3 is 15.0 Å². The maximum atomic E-state index is 14.1. The molecular formula is C29H32Cl3N3O5S. The van der Waals surface area contributed by atoms with Gasteiger partial charge in [-0.05, 0) is 41.8 Å². The molecule has 0 spiro atoms. The molecule has 1 atom stereocenters. The summed E-state index contributed by atoms with van der Waals surface area (Å²) in [4.78, 5) is 29.0. The van der Waals surface area contributed by atoms with Crippen LogP contribution in [0.2, 0.25) is 15.1 Å². The fourth-order valence-electron chi connectivity index (χ4n) is 4.19. The number of halogens is 3. The van der Waals surface area contributed by atoms with Crippen molar-refractivity contribution in [1.29, 1.82) is 0 Å². The van der Waals surface area contributed by atoms with Crippen LogP contribution in [0.1, 0.15) is 24.5 Å². The van der Waals surface area contributed by atoms with E-state index in [1.807, 2.05) is 37.3 Å². The van der Waals surface area contributed by atoms with Gasteiger partial charge in [-0.1, -0.05) is 84.2 Å². The van der Waals surface area contributed by atoms with Gasteiger partial charge in [0.15, 0.2) is 0 Å². The molecule has 0 aliphatic carbocycles. The second-order valence-corrected chi connectivity index (χ2v) is 12.5. The number of amides is 2. The van der Waals surface area contributed by atoms with Crippen molar-refractivity contribution in [2.75, 3.05) is 30.8 Å². The Balaban J connectivity index is 2.09. The fourth-order valence-corrected chi connectivity index (χ4v) is 5.73. The maximum absolute atomic E-state index is 14.1. The average Bonchev–Trinajstić information content (AvgIpc) is 2.94. The largest absolute Gasteiger partial charge is 0.497 e. The third kappa shape index (κ3) is 9.00. The number of benzene rings is 3. The van der Waals surface area contributed by atoms with Crippen molar-refractivity contribution >= 4 is 62.3 Å². The molecule has 220 valence electrons. The normalized spacial score (nSPS) is 12.0. The summed E-state index contributed by atoms with van der Waals surface area (Å²) in [6, 6.07) is 18.1. The summed E-state index contributed by atoms with van der Waals surface area (Å²) in [6.07, 6.45) is 1.87. The van der Waals surface area contributed by atoms with Crippen molar-refractivity contribution in [2.24, 2.45) is 0 Å². The van der Waals surface area contributed by atoms with Crippen LogP contribution in [0.25, 0.3) is 0 Å². The Kier molecular flexibility index (Phi) is 11.7. The number of anilines is 1. The number of carbonyl (C=O) groups excluding carboxylic acids is 2. The lowest BCUT2D eigenvalue weighted by molar-refractivity contribution is -0.140. The third-order valence-corrected chi connectivity index (χ3v) is 8.40. The molecule has 0 heterocycles. The van der Waals surface area contributed by atoms with Crippen LogP contribution in [0.5, 0.6) is 5.75 Å². The predicted octanol–water partition coefficient (Wildman–Crippen LogP) is 5.59. The lowest BCUT2D eigenvalue weighted by Crippen LogP contribution is -2.53. The lowest BCUT2D eigenvalue weighted by atomic mass is 10.0. The molecule has 3 aromatic carbocycles. The van der Waals surface area contributed by atoms with Gasteiger partial charge in [0, 0.05) is 19.5 Å². The highest BCUT2D eigenvalue weighted by atomic mass is 35.5. The number of hydrogen-bond donors (Lipinski definition) is 1. The van der Waals surface area contributed by atoms with Crippen LogP contribution in [-0.2, 0) is 32.6 Å². The zero-order chi connectivity index (χ0) is 30.2. The molecule has 0 bridgehead atoms. The number of ether oxygens (including phenoxy) is 1. The van der Waals surface area contributed by atoms with E-state index in [1.165, 1.54) is 24.1 Å². The lowest BCUT2D eigenvalue weighted by Gasteiger charge is -2.33. The Bertz CT molecular complexity index is 1470. The molecule has 0 saturated carbocycles. The quantitative estimate of drug-likeness (QED) is 0.246. The van der Waals surface area contributed by atoms with E-state index < -0.39 is 28.5 Å². The van der Waals surface area contributed by atoms with Gasteiger partial charge in [0.2, 0.25) is 21.8 Å². The number of nitrogens with zero attached hydrogens (tertiary/aromatic N) is 2. The van der Waals surface area contributed by atoms with Gasteiger partial charge in [-0.25, -0.2) is 8.42 Å². The van der Waals surface area contributed by atoms with Crippen molar-refractivity contribution in [2.45, 2.75) is 32.4 Å². The summed E-state index contributed by atoms with van der Waals surface area (Å²) < 4.78 is 32.1. The van der Waals surface area contributed by atoms with Crippen molar-refractivity contribution < 1.29 is 22.7 Å². The summed E-state index contributed by atoms with van der Waals surface area (Å²) in [5.74, 6) is -0.399. The smallest absolute Gasteiger partial charge is 0.244 e. The molecule has 0 aromatic heterocycles. The van der Waals surface area contributed by atoms with Gasteiger partial charge in [-0.3, -0.25) is 13.9 Å². The molecular weight excluding hydrogens is 609 g/mol. The van der Waals surface area contributed by atoms with E-state index in [1.54, 1.807) is 24.3 Å². The second kappa shape index (κ2) is 14.8. The monoisotopic (exact) mass is 639 g/mol. The van der Waals surface area contributed by atoms with E-state index in [4.69, 9.17) is 39.5 Å². The summed E-state index contributed by atoms with van der Waals surface area (Å²) in [6.45, 7) is 1.73. The van der Waals surface area contributed by atoms with Crippen LogP contribution in [0.15, 0.2) is 66.7 Å². The average molecular weight is 641 g/mol. The minimum atomic E-state index is -4.02. The molecule has 12 heteroatoms. The number of rotatable bonds is 13. The maximum Gasteiger partial charge on any atom is 0.244 e. The molecule has 2 amide bonds. The summed E-state index contributed by atoms with van der Waals surface area (Å²) >= 11 is 18.6. The molecule has 1 unspecified atom stereocenters. The fraction of sp³-hybridized carbons (Fsp3) is 0.310. The number of sulfonamides is 1. The molecule has 3 rings (SSSR count). The minimum absolute atomic E-state index is 0.00139. The standard InChI is InChI=1S/C29H32Cl3N3O5S/c1-4-13-33-29(37)27(15-20-9-6-5-7-10-20)34(18-21-11-8-12-22(14-21)40-2)28(36)19-35(41(3,38)39)26-17-24(31)23(30)16-25(26)32/h5-12,14,16-17,27H,4,13,15,18-19H2,1-3H3,(H,33,37). The first kappa shape index (κ1) is 32.5. The predicted molar refractivity (Wildman–Crippen MR) is 164 cm³/mol. The van der Waals surface area contributed by atoms with Gasteiger partial charge in [0.05, 0.1) is 34.1 Å². The number of hydrogen-bond acceptors (Lipinski definition) is 5. The third-order valence-electron chi connectivity index (χ3n) is 6.25. The summed E-state index contributed by atoms with van der Waals surface area (Å²) in [5, 5.41) is 3.10. The second-order valence-electron chi connectivity index (χ2n) is 9.36. The van der Waals surface area contributed by atoms with Crippen LogP contribution in [-0.4, -0.2) is 57.6 Å². The SMILES string of the molecule is CCCNC(=O)C(Cc1ccccc1)N(Cc1cccc(OC)c1)C(=O)CN(c1cc(Cl)c(Cl)cc1Cl)S(C)(=O)=O. The van der Waals surface area contributed by atoms with E-state index in [9.17, 15) is 18.0 Å². The van der Waals surface area contributed by atoms with E-state index in [0.717, 1.165) is 16.1 Å². The Hall–Kier alpha value is -2.98. The zero-order valence-corrected chi connectivity index (χ0v) is 26.0. The first-order chi connectivity index (χ1) is 19.4. The highest BCUT2D eigenvalue weighted by molar-refractivity contribution is 7.92. The number of carbonyl (C=O) groups is 2. The van der Waals surface area contributed by atoms with Crippen LogP contribution >= 0.6 is 34.8 Å². The van der Waals surface area contributed by atoms with Gasteiger partial charge in [-0.15, -0.1) is 0 Å². The van der Waals surface area contributed by atoms with Crippen LogP contribution in [0, 0.1) is 0 Å². The Labute approximate surface area is 256 Å². The van der Waals surface area contributed by atoms with Crippen molar-refractivity contribution in [1.82, 2.24) is 10.2 Å². The molecule has 8 nitrogen and oxygen atoms in total. The molecule has 3 aromatic rings. The Morgan fingerprint density at radius 3 is 2.22 bits per heavy atom. The topological polar surface area (TPSA) is 96.0 Å². The van der Waals surface area contributed by atoms with Crippen LogP contribution in [0.3, 0.4) is 0 Å². The van der Waals surface area contributed by atoms with Gasteiger partial charge >= 0.3 is 0 Å². The van der Waals surface area contributed by atoms with E-state index in [2.05, 4.69) is 5.32 Å². The van der Waals surface area contributed by atoms with E-state index >= 15 is 0 Å². The Morgan fingerprint density at radius 1 is 0.927 bits per heavy atom. The van der Waals surface area contributed by atoms with Crippen molar-refractivity contribution in [3.63, 3.8) is 0 Å². The van der Waals surface area contributed by atoms with Gasteiger partial charge in [0.1, 0.15) is 18.3 Å². The van der Waals surface area contributed by atoms with Crippen molar-refractivity contribution in [3.05, 3.63) is 92.9 Å². The highest BCUT2D eigenvalue weighted by Gasteiger charge is 2.33. The minimum Gasteiger partial charge on any atom is -0.497 e. The van der Waals surface area contributed by atoms with Crippen LogP contribution < -0.4 is 14.4 Å². The number of methoxy groups -OCH3 is 1. The number of nitrogens with one attached hydrogen (secondary N) is 1. The molecule has 0 radical (unpaired) electrons. The van der Waals surface area contributed by atoms with Gasteiger partial charge in [0.25, 0.3) is 0 Å². The zero-order valence-electron chi connectivity index (χ0n) is 22.9. The summed E-state index contributed by atoms with van der Waals surface area (Å²) in [7, 11) is -2.49. The van der Waals surface area contributed by atoms with Crippen molar-refractivity contribution in [3.8, 4) is 5.75 Å². The first-order valence-corrected chi connectivity index (χ1v) is 15.8. The first-order valence-electron chi connectivity index (χ1n) is 12.8.